The molecule has 1 N–H and O–H groups in total. The average Bonchev–Trinajstić information content (AvgIpc) is 2.88. The van der Waals surface area contributed by atoms with E-state index in [2.05, 4.69) is 92.8 Å². The van der Waals surface area contributed by atoms with Gasteiger partial charge in [-0.2, -0.15) is 0 Å². The Bertz CT molecular complexity index is 936. The predicted molar refractivity (Wildman–Crippen MR) is 112 cm³/mol. The standard InChI is InChI=1S/C25H27N/c1-4-5-9-18-10-8-11-19(16-18)26-20-14-15-22-21-12-6-7-13-23(21)25(2,3)24(22)17-20/h6-8,10-17,26H,4-5,9H2,1-3H3. The molecule has 0 unspecified atom stereocenters. The molecule has 0 spiro atoms. The summed E-state index contributed by atoms with van der Waals surface area (Å²) in [5, 5.41) is 3.61. The van der Waals surface area contributed by atoms with Crippen LogP contribution in [0.25, 0.3) is 11.1 Å². The van der Waals surface area contributed by atoms with Gasteiger partial charge in [-0.05, 0) is 64.9 Å². The molecule has 0 fully saturated rings. The molecule has 0 radical (unpaired) electrons. The van der Waals surface area contributed by atoms with Crippen LogP contribution in [0.1, 0.15) is 50.3 Å². The zero-order valence-corrected chi connectivity index (χ0v) is 16.0. The number of aryl methyl sites for hydroxylation is 1. The minimum absolute atomic E-state index is 0.0482. The Morgan fingerprint density at radius 3 is 2.38 bits per heavy atom. The van der Waals surface area contributed by atoms with Gasteiger partial charge in [0.2, 0.25) is 0 Å². The molecule has 0 aliphatic heterocycles. The molecule has 1 aliphatic rings. The van der Waals surface area contributed by atoms with E-state index in [1.165, 1.54) is 46.3 Å². The third-order valence-corrected chi connectivity index (χ3v) is 5.62. The molecule has 0 amide bonds. The van der Waals surface area contributed by atoms with Crippen molar-refractivity contribution in [3.63, 3.8) is 0 Å². The highest BCUT2D eigenvalue weighted by molar-refractivity contribution is 5.82. The number of hydrogen-bond donors (Lipinski definition) is 1. The normalized spacial score (nSPS) is 14.0. The van der Waals surface area contributed by atoms with E-state index in [1.807, 2.05) is 0 Å². The first-order valence-electron chi connectivity index (χ1n) is 9.70. The van der Waals surface area contributed by atoms with E-state index in [-0.39, 0.29) is 5.41 Å². The van der Waals surface area contributed by atoms with Crippen molar-refractivity contribution in [1.82, 2.24) is 0 Å². The van der Waals surface area contributed by atoms with Crippen molar-refractivity contribution in [2.75, 3.05) is 5.32 Å². The minimum atomic E-state index is 0.0482. The highest BCUT2D eigenvalue weighted by Crippen LogP contribution is 2.49. The van der Waals surface area contributed by atoms with E-state index in [4.69, 9.17) is 0 Å². The Morgan fingerprint density at radius 2 is 1.54 bits per heavy atom. The van der Waals surface area contributed by atoms with Crippen LogP contribution in [0.2, 0.25) is 0 Å². The third kappa shape index (κ3) is 2.92. The molecule has 1 nitrogen and oxygen atoms in total. The summed E-state index contributed by atoms with van der Waals surface area (Å²) in [7, 11) is 0. The topological polar surface area (TPSA) is 12.0 Å². The summed E-state index contributed by atoms with van der Waals surface area (Å²) in [6.45, 7) is 6.89. The lowest BCUT2D eigenvalue weighted by molar-refractivity contribution is 0.660. The Morgan fingerprint density at radius 1 is 0.769 bits per heavy atom. The molecule has 0 bridgehead atoms. The Labute approximate surface area is 157 Å². The quantitative estimate of drug-likeness (QED) is 0.523. The maximum atomic E-state index is 3.61. The van der Waals surface area contributed by atoms with Crippen molar-refractivity contribution in [3.05, 3.63) is 83.4 Å². The summed E-state index contributed by atoms with van der Waals surface area (Å²) in [6.07, 6.45) is 3.63. The van der Waals surface area contributed by atoms with Gasteiger partial charge in [-0.15, -0.1) is 0 Å². The fourth-order valence-electron chi connectivity index (χ4n) is 4.13. The summed E-state index contributed by atoms with van der Waals surface area (Å²) >= 11 is 0. The molecule has 0 atom stereocenters. The number of anilines is 2. The number of fused-ring (bicyclic) bond motifs is 3. The van der Waals surface area contributed by atoms with Crippen LogP contribution < -0.4 is 5.32 Å². The van der Waals surface area contributed by atoms with Crippen LogP contribution >= 0.6 is 0 Å². The second kappa shape index (κ2) is 6.64. The van der Waals surface area contributed by atoms with Crippen LogP contribution in [-0.2, 0) is 11.8 Å². The first-order chi connectivity index (χ1) is 12.6. The van der Waals surface area contributed by atoms with Crippen molar-refractivity contribution in [2.24, 2.45) is 0 Å². The van der Waals surface area contributed by atoms with Crippen molar-refractivity contribution < 1.29 is 0 Å². The zero-order valence-electron chi connectivity index (χ0n) is 16.0. The van der Waals surface area contributed by atoms with Gasteiger partial charge < -0.3 is 5.32 Å². The minimum Gasteiger partial charge on any atom is -0.356 e. The maximum absolute atomic E-state index is 3.61. The molecule has 0 saturated carbocycles. The van der Waals surface area contributed by atoms with Gasteiger partial charge >= 0.3 is 0 Å². The van der Waals surface area contributed by atoms with Gasteiger partial charge in [0.25, 0.3) is 0 Å². The molecule has 3 aromatic rings. The summed E-state index contributed by atoms with van der Waals surface area (Å²) in [4.78, 5) is 0. The van der Waals surface area contributed by atoms with Crippen molar-refractivity contribution in [2.45, 2.75) is 45.4 Å². The highest BCUT2D eigenvalue weighted by Gasteiger charge is 2.35. The van der Waals surface area contributed by atoms with E-state index in [0.29, 0.717) is 0 Å². The molecular formula is C25H27N. The van der Waals surface area contributed by atoms with E-state index < -0.39 is 0 Å². The van der Waals surface area contributed by atoms with E-state index in [1.54, 1.807) is 0 Å². The van der Waals surface area contributed by atoms with Crippen LogP contribution in [0, 0.1) is 0 Å². The molecule has 1 aliphatic carbocycles. The fraction of sp³-hybridized carbons (Fsp3) is 0.280. The largest absolute Gasteiger partial charge is 0.356 e. The second-order valence-electron chi connectivity index (χ2n) is 7.86. The molecule has 26 heavy (non-hydrogen) atoms. The van der Waals surface area contributed by atoms with Gasteiger partial charge in [-0.3, -0.25) is 0 Å². The summed E-state index contributed by atoms with van der Waals surface area (Å²) in [6, 6.07) is 24.4. The number of benzene rings is 3. The molecule has 0 saturated heterocycles. The second-order valence-corrected chi connectivity index (χ2v) is 7.86. The average molecular weight is 341 g/mol. The van der Waals surface area contributed by atoms with Crippen molar-refractivity contribution >= 4 is 11.4 Å². The molecule has 1 heteroatoms. The van der Waals surface area contributed by atoms with Gasteiger partial charge in [0.15, 0.2) is 0 Å². The van der Waals surface area contributed by atoms with Crippen LogP contribution in [0.3, 0.4) is 0 Å². The van der Waals surface area contributed by atoms with Crippen molar-refractivity contribution in [3.8, 4) is 11.1 Å². The van der Waals surface area contributed by atoms with Crippen LogP contribution in [0.15, 0.2) is 66.7 Å². The number of rotatable bonds is 5. The molecular weight excluding hydrogens is 314 g/mol. The smallest absolute Gasteiger partial charge is 0.0387 e. The summed E-state index contributed by atoms with van der Waals surface area (Å²) in [5.74, 6) is 0. The monoisotopic (exact) mass is 341 g/mol. The SMILES string of the molecule is CCCCc1cccc(Nc2ccc3c(c2)C(C)(C)c2ccccc2-3)c1. The number of nitrogens with one attached hydrogen (secondary N) is 1. The van der Waals surface area contributed by atoms with E-state index in [0.717, 1.165) is 12.1 Å². The maximum Gasteiger partial charge on any atom is 0.0387 e. The highest BCUT2D eigenvalue weighted by atomic mass is 14.9. The van der Waals surface area contributed by atoms with Crippen molar-refractivity contribution in [1.29, 1.82) is 0 Å². The predicted octanol–water partition coefficient (Wildman–Crippen LogP) is 7.08. The summed E-state index contributed by atoms with van der Waals surface area (Å²) < 4.78 is 0. The molecule has 0 aromatic heterocycles. The number of hydrogen-bond acceptors (Lipinski definition) is 1. The van der Waals surface area contributed by atoms with E-state index in [9.17, 15) is 0 Å². The Balaban J connectivity index is 1.64. The first kappa shape index (κ1) is 16.9. The van der Waals surface area contributed by atoms with Gasteiger partial charge in [-0.25, -0.2) is 0 Å². The fourth-order valence-corrected chi connectivity index (χ4v) is 4.13. The van der Waals surface area contributed by atoms with Gasteiger partial charge in [0.1, 0.15) is 0 Å². The molecule has 3 aromatic carbocycles. The first-order valence-corrected chi connectivity index (χ1v) is 9.70. The molecule has 132 valence electrons. The summed E-state index contributed by atoms with van der Waals surface area (Å²) in [5.41, 5.74) is 9.37. The Hall–Kier alpha value is -2.54. The lowest BCUT2D eigenvalue weighted by Gasteiger charge is -2.22. The van der Waals surface area contributed by atoms with Gasteiger partial charge in [-0.1, -0.05) is 69.7 Å². The Kier molecular flexibility index (Phi) is 4.32. The lowest BCUT2D eigenvalue weighted by Crippen LogP contribution is -2.15. The van der Waals surface area contributed by atoms with Crippen LogP contribution in [0.5, 0.6) is 0 Å². The molecule has 4 rings (SSSR count). The third-order valence-electron chi connectivity index (χ3n) is 5.62. The van der Waals surface area contributed by atoms with Crippen LogP contribution in [-0.4, -0.2) is 0 Å². The van der Waals surface area contributed by atoms with Gasteiger partial charge in [0.05, 0.1) is 0 Å². The lowest BCUT2D eigenvalue weighted by atomic mass is 9.82. The molecule has 0 heterocycles. The van der Waals surface area contributed by atoms with E-state index >= 15 is 0 Å². The number of unbranched alkanes of at least 4 members (excludes halogenated alkanes) is 1. The van der Waals surface area contributed by atoms with Crippen LogP contribution in [0.4, 0.5) is 11.4 Å². The zero-order chi connectivity index (χ0) is 18.1. The van der Waals surface area contributed by atoms with Gasteiger partial charge in [0, 0.05) is 16.8 Å².